The van der Waals surface area contributed by atoms with E-state index in [2.05, 4.69) is 45.0 Å². The summed E-state index contributed by atoms with van der Waals surface area (Å²) in [6.07, 6.45) is 2.11. The molecule has 0 radical (unpaired) electrons. The first-order chi connectivity index (χ1) is 20.1. The number of non-ortho nitro benzene ring substituents is 1. The van der Waals surface area contributed by atoms with E-state index in [1.54, 1.807) is 26.8 Å². The van der Waals surface area contributed by atoms with Crippen LogP contribution >= 0.6 is 0 Å². The van der Waals surface area contributed by atoms with Crippen LogP contribution in [0.3, 0.4) is 0 Å². The first-order valence-corrected chi connectivity index (χ1v) is 17.4. The van der Waals surface area contributed by atoms with Gasteiger partial charge in [0.25, 0.3) is 24.0 Å². The van der Waals surface area contributed by atoms with E-state index in [0.29, 0.717) is 0 Å². The molecular weight excluding hydrogens is 585 g/mol. The Labute approximate surface area is 254 Å². The van der Waals surface area contributed by atoms with E-state index >= 15 is 0 Å². The number of amides is 1. The van der Waals surface area contributed by atoms with E-state index in [0.717, 1.165) is 38.9 Å². The molecule has 3 aromatic rings. The van der Waals surface area contributed by atoms with Crippen LogP contribution in [0.1, 0.15) is 48.0 Å². The Kier molecular flexibility index (Phi) is 9.01. The second-order valence-corrected chi connectivity index (χ2v) is 18.6. The summed E-state index contributed by atoms with van der Waals surface area (Å²) in [7, 11) is -7.43. The maximum atomic E-state index is 13.9. The third-order valence-electron chi connectivity index (χ3n) is 7.25. The molecule has 0 spiro atoms. The van der Waals surface area contributed by atoms with Gasteiger partial charge in [-0.2, -0.15) is 4.31 Å². The minimum Gasteiger partial charge on any atom is -0.443 e. The van der Waals surface area contributed by atoms with Crippen molar-refractivity contribution in [3.05, 3.63) is 107 Å². The summed E-state index contributed by atoms with van der Waals surface area (Å²) in [6.45, 7) is 11.4. The molecule has 0 saturated heterocycles. The highest BCUT2D eigenvalue weighted by Crippen LogP contribution is 2.39. The van der Waals surface area contributed by atoms with Crippen molar-refractivity contribution >= 4 is 40.5 Å². The predicted octanol–water partition coefficient (Wildman–Crippen LogP) is 5.79. The molecule has 0 unspecified atom stereocenters. The highest BCUT2D eigenvalue weighted by molar-refractivity contribution is 7.89. The number of benzene rings is 3. The monoisotopic (exact) mass is 622 g/mol. The van der Waals surface area contributed by atoms with E-state index in [4.69, 9.17) is 9.16 Å². The largest absolute Gasteiger partial charge is 0.443 e. The van der Waals surface area contributed by atoms with Crippen molar-refractivity contribution in [3.8, 4) is 0 Å². The molecule has 11 heteroatoms. The molecule has 3 aromatic carbocycles. The van der Waals surface area contributed by atoms with Gasteiger partial charge in [0.05, 0.1) is 22.0 Å². The minimum atomic E-state index is -4.46. The van der Waals surface area contributed by atoms with Crippen LogP contribution in [-0.4, -0.2) is 49.8 Å². The second-order valence-electron chi connectivity index (χ2n) is 12.5. The summed E-state index contributed by atoms with van der Waals surface area (Å²) in [5.41, 5.74) is -1.23. The number of hydrogen-bond acceptors (Lipinski definition) is 7. The molecule has 0 N–H and O–H groups in total. The number of nitro groups is 1. The molecule has 43 heavy (non-hydrogen) atoms. The van der Waals surface area contributed by atoms with Crippen molar-refractivity contribution in [1.82, 2.24) is 4.31 Å². The van der Waals surface area contributed by atoms with Gasteiger partial charge >= 0.3 is 6.09 Å². The maximum absolute atomic E-state index is 13.9. The minimum absolute atomic E-state index is 0.177. The molecule has 0 fully saturated rings. The molecule has 2 atom stereocenters. The van der Waals surface area contributed by atoms with Crippen molar-refractivity contribution in [2.45, 2.75) is 75.6 Å². The zero-order valence-corrected chi connectivity index (χ0v) is 27.1. The molecule has 0 saturated carbocycles. The molecular formula is C32H38N2O7SSi. The molecule has 0 aliphatic heterocycles. The van der Waals surface area contributed by atoms with Crippen LogP contribution in [0, 0.1) is 10.1 Å². The molecule has 1 aliphatic rings. The van der Waals surface area contributed by atoms with Crippen molar-refractivity contribution < 1.29 is 27.3 Å². The Morgan fingerprint density at radius 2 is 1.37 bits per heavy atom. The van der Waals surface area contributed by atoms with Crippen LogP contribution in [0.15, 0.2) is 102 Å². The predicted molar refractivity (Wildman–Crippen MR) is 168 cm³/mol. The van der Waals surface area contributed by atoms with Crippen LogP contribution in [0.25, 0.3) is 0 Å². The molecule has 0 bridgehead atoms. The van der Waals surface area contributed by atoms with E-state index in [-0.39, 0.29) is 22.0 Å². The Morgan fingerprint density at radius 1 is 0.860 bits per heavy atom. The average molecular weight is 623 g/mol. The lowest BCUT2D eigenvalue weighted by Crippen LogP contribution is -2.67. The van der Waals surface area contributed by atoms with Gasteiger partial charge in [-0.15, -0.1) is 0 Å². The van der Waals surface area contributed by atoms with E-state index in [9.17, 15) is 23.3 Å². The fourth-order valence-corrected chi connectivity index (χ4v) is 11.5. The number of carbonyl (C=O) groups is 1. The average Bonchev–Trinajstić information content (AvgIpc) is 3.38. The zero-order valence-electron chi connectivity index (χ0n) is 25.3. The highest BCUT2D eigenvalue weighted by atomic mass is 32.2. The molecule has 0 heterocycles. The van der Waals surface area contributed by atoms with E-state index in [1.807, 2.05) is 42.5 Å². The fraction of sp³-hybridized carbons (Fsp3) is 0.344. The van der Waals surface area contributed by atoms with Crippen LogP contribution in [0.4, 0.5) is 10.5 Å². The summed E-state index contributed by atoms with van der Waals surface area (Å²) in [6, 6.07) is 23.7. The molecule has 4 rings (SSSR count). The number of sulfonamides is 1. The second kappa shape index (κ2) is 12.1. The Morgan fingerprint density at radius 3 is 1.81 bits per heavy atom. The van der Waals surface area contributed by atoms with Crippen molar-refractivity contribution in [1.29, 1.82) is 0 Å². The van der Waals surface area contributed by atoms with Crippen LogP contribution < -0.4 is 10.4 Å². The smallest absolute Gasteiger partial charge is 0.424 e. The van der Waals surface area contributed by atoms with Crippen molar-refractivity contribution in [3.63, 3.8) is 0 Å². The van der Waals surface area contributed by atoms with Crippen molar-refractivity contribution in [2.24, 2.45) is 0 Å². The first kappa shape index (κ1) is 32.1. The lowest BCUT2D eigenvalue weighted by Gasteiger charge is -2.44. The number of nitrogens with zero attached hydrogens (tertiary/aromatic N) is 2. The van der Waals surface area contributed by atoms with Crippen molar-refractivity contribution in [2.75, 3.05) is 0 Å². The third kappa shape index (κ3) is 6.74. The molecule has 0 aromatic heterocycles. The summed E-state index contributed by atoms with van der Waals surface area (Å²) in [5, 5.41) is 13.0. The van der Waals surface area contributed by atoms with Gasteiger partial charge in [-0.3, -0.25) is 10.1 Å². The van der Waals surface area contributed by atoms with Crippen LogP contribution in [-0.2, 0) is 19.2 Å². The summed E-state index contributed by atoms with van der Waals surface area (Å²) in [5.74, 6) is 0. The van der Waals surface area contributed by atoms with Gasteiger partial charge in [0.15, 0.2) is 0 Å². The summed E-state index contributed by atoms with van der Waals surface area (Å²) < 4.78 is 41.3. The normalized spacial score (nSPS) is 17.4. The van der Waals surface area contributed by atoms with Crippen LogP contribution in [0.2, 0.25) is 5.04 Å². The Balaban J connectivity index is 1.74. The van der Waals surface area contributed by atoms with E-state index in [1.165, 1.54) is 0 Å². The molecule has 1 amide bonds. The lowest BCUT2D eigenvalue weighted by molar-refractivity contribution is -0.384. The first-order valence-electron chi connectivity index (χ1n) is 14.1. The fourth-order valence-electron chi connectivity index (χ4n) is 5.40. The van der Waals surface area contributed by atoms with Crippen LogP contribution in [0.5, 0.6) is 0 Å². The maximum Gasteiger partial charge on any atom is 0.424 e. The number of carbonyl (C=O) groups excluding carboxylic acids is 1. The summed E-state index contributed by atoms with van der Waals surface area (Å²) in [4.78, 5) is 23.8. The highest BCUT2D eigenvalue weighted by Gasteiger charge is 2.52. The van der Waals surface area contributed by atoms with Gasteiger partial charge < -0.3 is 9.16 Å². The van der Waals surface area contributed by atoms with Gasteiger partial charge in [-0.25, -0.2) is 13.2 Å². The van der Waals surface area contributed by atoms with Gasteiger partial charge in [0, 0.05) is 18.6 Å². The quantitative estimate of drug-likeness (QED) is 0.135. The number of ether oxygens (including phenoxy) is 1. The SMILES string of the molecule is CC(C)(C)OC(=O)N([C@@H]1C=C[C@H](O[Si](c2ccccc2)(c2ccccc2)C(C)(C)C)C1)S(=O)(=O)c1ccc([N+](=O)[O-])cc1. The molecule has 1 aliphatic carbocycles. The summed E-state index contributed by atoms with van der Waals surface area (Å²) >= 11 is 0. The molecule has 9 nitrogen and oxygen atoms in total. The Bertz CT molecular complexity index is 1540. The standard InChI is InChI=1S/C32H38N2O7SSi/c1-31(2,3)40-30(35)33(42(38,39)27-21-18-24(19-22-27)34(36)37)25-17-20-26(23-25)41-43(32(4,5)6,28-13-9-7-10-14-28)29-15-11-8-12-16-29/h7-22,25-26H,23H2,1-6H3/t25-,26+/m1/s1. The van der Waals surface area contributed by atoms with Gasteiger partial charge in [0.2, 0.25) is 0 Å². The third-order valence-corrected chi connectivity index (χ3v) is 14.1. The van der Waals surface area contributed by atoms with Gasteiger partial charge in [-0.1, -0.05) is 93.6 Å². The zero-order chi connectivity index (χ0) is 31.6. The number of nitro benzene ring substituents is 1. The topological polar surface area (TPSA) is 116 Å². The molecule has 228 valence electrons. The van der Waals surface area contributed by atoms with E-state index < -0.39 is 47.1 Å². The lowest BCUT2D eigenvalue weighted by atomic mass is 10.2. The van der Waals surface area contributed by atoms with Gasteiger partial charge in [-0.05, 0) is 48.3 Å². The Hall–Kier alpha value is -3.80. The number of rotatable bonds is 8. The van der Waals surface area contributed by atoms with Gasteiger partial charge in [0.1, 0.15) is 5.60 Å². The number of hydrogen-bond donors (Lipinski definition) is 0.